The van der Waals surface area contributed by atoms with Gasteiger partial charge < -0.3 is 36.5 Å². The van der Waals surface area contributed by atoms with Crippen molar-refractivity contribution in [3.8, 4) is 0 Å². The molecule has 0 saturated carbocycles. The predicted molar refractivity (Wildman–Crippen MR) is 160 cm³/mol. The number of nitrogens with zero attached hydrogens (tertiary/aromatic N) is 3. The van der Waals surface area contributed by atoms with Gasteiger partial charge in [0.1, 0.15) is 5.82 Å². The van der Waals surface area contributed by atoms with Crippen LogP contribution in [-0.4, -0.2) is 60.4 Å². The van der Waals surface area contributed by atoms with Gasteiger partial charge in [0.15, 0.2) is 0 Å². The number of halogens is 1. The minimum absolute atomic E-state index is 0.189. The average molecular weight is 575 g/mol. The van der Waals surface area contributed by atoms with Gasteiger partial charge in [-0.05, 0) is 29.8 Å². The molecule has 0 saturated heterocycles. The zero-order chi connectivity index (χ0) is 29.4. The highest BCUT2D eigenvalue weighted by atomic mass is 19.1. The fourth-order valence-corrected chi connectivity index (χ4v) is 3.79. The molecule has 12 heteroatoms. The van der Waals surface area contributed by atoms with Crippen LogP contribution in [0.2, 0.25) is 0 Å². The van der Waals surface area contributed by atoms with E-state index in [1.807, 2.05) is 30.3 Å². The Hall–Kier alpha value is -4.65. The summed E-state index contributed by atoms with van der Waals surface area (Å²) in [5.74, 6) is 0.274. The van der Waals surface area contributed by atoms with E-state index in [-0.39, 0.29) is 30.2 Å². The summed E-state index contributed by atoms with van der Waals surface area (Å²) in [4.78, 5) is 26.1. The summed E-state index contributed by atoms with van der Waals surface area (Å²) in [6.07, 6.45) is 0. The van der Waals surface area contributed by atoms with Crippen LogP contribution in [0.15, 0.2) is 78.9 Å². The van der Waals surface area contributed by atoms with Gasteiger partial charge in [0, 0.05) is 43.0 Å². The lowest BCUT2D eigenvalue weighted by atomic mass is 10.2. The highest BCUT2D eigenvalue weighted by Crippen LogP contribution is 2.19. The molecule has 1 heterocycles. The minimum atomic E-state index is -0.321. The van der Waals surface area contributed by atoms with Gasteiger partial charge in [-0.3, -0.25) is 4.79 Å². The third-order valence-electron chi connectivity index (χ3n) is 5.87. The smallest absolute Gasteiger partial charge is 0.251 e. The lowest BCUT2D eigenvalue weighted by Gasteiger charge is -2.12. The van der Waals surface area contributed by atoms with Gasteiger partial charge in [0.05, 0.1) is 26.4 Å². The molecule has 220 valence electrons. The van der Waals surface area contributed by atoms with E-state index in [2.05, 4.69) is 36.2 Å². The number of carbonyl (C=O) groups is 1. The van der Waals surface area contributed by atoms with E-state index in [1.54, 1.807) is 42.5 Å². The molecule has 0 atom stereocenters. The van der Waals surface area contributed by atoms with Crippen LogP contribution in [0.1, 0.15) is 21.5 Å². The monoisotopic (exact) mass is 574 g/mol. The first-order valence-electron chi connectivity index (χ1n) is 13.6. The fourth-order valence-electron chi connectivity index (χ4n) is 3.79. The molecular formula is C30H35FN8O3. The number of hydrogen-bond donors (Lipinski definition) is 5. The molecule has 3 aromatic carbocycles. The lowest BCUT2D eigenvalue weighted by molar-refractivity contribution is 0.0511. The summed E-state index contributed by atoms with van der Waals surface area (Å²) >= 11 is 0. The number of nitrogens with one attached hydrogen (secondary N) is 4. The molecule has 0 aliphatic rings. The molecule has 0 radical (unpaired) electrons. The predicted octanol–water partition coefficient (Wildman–Crippen LogP) is 3.70. The molecule has 1 amide bonds. The first-order valence-corrected chi connectivity index (χ1v) is 13.6. The molecule has 42 heavy (non-hydrogen) atoms. The van der Waals surface area contributed by atoms with E-state index in [1.165, 1.54) is 6.07 Å². The van der Waals surface area contributed by atoms with Crippen molar-refractivity contribution < 1.29 is 18.7 Å². The number of carbonyl (C=O) groups excluding carboxylic acids is 1. The van der Waals surface area contributed by atoms with Crippen molar-refractivity contribution in [2.75, 3.05) is 55.5 Å². The van der Waals surface area contributed by atoms with Crippen molar-refractivity contribution in [3.05, 3.63) is 101 Å². The Morgan fingerprint density at radius 3 is 2.21 bits per heavy atom. The molecule has 11 nitrogen and oxygen atoms in total. The van der Waals surface area contributed by atoms with Gasteiger partial charge >= 0.3 is 0 Å². The number of aromatic nitrogens is 3. The first kappa shape index (κ1) is 30.3. The first-order chi connectivity index (χ1) is 20.6. The minimum Gasteiger partial charge on any atom is -0.378 e. The van der Waals surface area contributed by atoms with Crippen molar-refractivity contribution in [2.45, 2.75) is 13.1 Å². The molecule has 0 aliphatic carbocycles. The topological polar surface area (TPSA) is 148 Å². The van der Waals surface area contributed by atoms with E-state index in [0.717, 1.165) is 5.56 Å². The van der Waals surface area contributed by atoms with Crippen molar-refractivity contribution in [3.63, 3.8) is 0 Å². The van der Waals surface area contributed by atoms with Crippen LogP contribution in [0.4, 0.5) is 27.9 Å². The maximum Gasteiger partial charge on any atom is 0.251 e. The Labute approximate surface area is 244 Å². The zero-order valence-electron chi connectivity index (χ0n) is 23.2. The third-order valence-corrected chi connectivity index (χ3v) is 5.87. The standard InChI is InChI=1S/C30H35FN8O3/c31-26-12-5-4-9-24(26)21-35-29-37-28(34-20-22-7-2-1-3-8-22)38-30(39-29)36-25-11-6-10-23(19-25)27(40)33-14-16-42-18-17-41-15-13-32/h1-12,19H,13-18,20-21,32H2,(H,33,40)(H3,34,35,36,37,38,39). The van der Waals surface area contributed by atoms with Crippen LogP contribution >= 0.6 is 0 Å². The van der Waals surface area contributed by atoms with Crippen molar-refractivity contribution in [2.24, 2.45) is 5.73 Å². The quantitative estimate of drug-likeness (QED) is 0.118. The Kier molecular flexibility index (Phi) is 12.0. The maximum absolute atomic E-state index is 14.2. The van der Waals surface area contributed by atoms with Crippen molar-refractivity contribution >= 4 is 29.4 Å². The molecule has 0 aliphatic heterocycles. The van der Waals surface area contributed by atoms with Gasteiger partial charge in [-0.15, -0.1) is 0 Å². The fraction of sp³-hybridized carbons (Fsp3) is 0.267. The number of amides is 1. The van der Waals surface area contributed by atoms with Gasteiger partial charge in [0.25, 0.3) is 5.91 Å². The van der Waals surface area contributed by atoms with Crippen LogP contribution in [0.25, 0.3) is 0 Å². The number of anilines is 4. The summed E-state index contributed by atoms with van der Waals surface area (Å²) in [5.41, 5.74) is 7.97. The molecule has 0 unspecified atom stereocenters. The normalized spacial score (nSPS) is 10.7. The van der Waals surface area contributed by atoms with Gasteiger partial charge in [-0.25, -0.2) is 4.39 Å². The van der Waals surface area contributed by atoms with Crippen molar-refractivity contribution in [1.29, 1.82) is 0 Å². The van der Waals surface area contributed by atoms with Crippen LogP contribution in [0.5, 0.6) is 0 Å². The highest BCUT2D eigenvalue weighted by Gasteiger charge is 2.11. The second-order valence-corrected chi connectivity index (χ2v) is 9.07. The Bertz CT molecular complexity index is 1410. The summed E-state index contributed by atoms with van der Waals surface area (Å²) < 4.78 is 24.9. The van der Waals surface area contributed by atoms with Crippen LogP contribution in [0, 0.1) is 5.82 Å². The Morgan fingerprint density at radius 2 is 1.45 bits per heavy atom. The Morgan fingerprint density at radius 1 is 0.762 bits per heavy atom. The van der Waals surface area contributed by atoms with Gasteiger partial charge in [0.2, 0.25) is 17.8 Å². The molecule has 0 spiro atoms. The number of benzene rings is 3. The van der Waals surface area contributed by atoms with Gasteiger partial charge in [-0.1, -0.05) is 54.6 Å². The number of nitrogens with two attached hydrogens (primary N) is 1. The molecule has 4 rings (SSSR count). The van der Waals surface area contributed by atoms with Crippen LogP contribution in [0.3, 0.4) is 0 Å². The van der Waals surface area contributed by atoms with E-state index in [0.29, 0.717) is 68.8 Å². The van der Waals surface area contributed by atoms with Gasteiger partial charge in [-0.2, -0.15) is 15.0 Å². The van der Waals surface area contributed by atoms with E-state index in [4.69, 9.17) is 15.2 Å². The highest BCUT2D eigenvalue weighted by molar-refractivity contribution is 5.95. The van der Waals surface area contributed by atoms with Crippen molar-refractivity contribution in [1.82, 2.24) is 20.3 Å². The zero-order valence-corrected chi connectivity index (χ0v) is 23.2. The van der Waals surface area contributed by atoms with Crippen LogP contribution < -0.4 is 27.0 Å². The Balaban J connectivity index is 1.40. The van der Waals surface area contributed by atoms with E-state index in [9.17, 15) is 9.18 Å². The number of hydrogen-bond acceptors (Lipinski definition) is 10. The number of rotatable bonds is 17. The molecule has 4 aromatic rings. The molecule has 6 N–H and O–H groups in total. The molecule has 1 aromatic heterocycles. The molecular weight excluding hydrogens is 539 g/mol. The van der Waals surface area contributed by atoms with E-state index >= 15 is 0 Å². The third kappa shape index (κ3) is 10.1. The largest absolute Gasteiger partial charge is 0.378 e. The number of ether oxygens (including phenoxy) is 2. The second kappa shape index (κ2) is 16.6. The summed E-state index contributed by atoms with van der Waals surface area (Å²) in [6.45, 7) is 3.26. The van der Waals surface area contributed by atoms with Crippen LogP contribution in [-0.2, 0) is 22.6 Å². The molecule has 0 bridgehead atoms. The summed E-state index contributed by atoms with van der Waals surface area (Å²) in [7, 11) is 0. The summed E-state index contributed by atoms with van der Waals surface area (Å²) in [6, 6.07) is 23.3. The molecule has 0 fully saturated rings. The second-order valence-electron chi connectivity index (χ2n) is 9.07. The van der Waals surface area contributed by atoms with E-state index < -0.39 is 0 Å². The average Bonchev–Trinajstić information content (AvgIpc) is 3.01. The maximum atomic E-state index is 14.2. The lowest BCUT2D eigenvalue weighted by Crippen LogP contribution is -2.27. The SMILES string of the molecule is NCCOCCOCCNC(=O)c1cccc(Nc2nc(NCc3ccccc3)nc(NCc3ccccc3F)n2)c1. The summed E-state index contributed by atoms with van der Waals surface area (Å²) in [5, 5.41) is 12.3.